The fourth-order valence-corrected chi connectivity index (χ4v) is 10.3. The molecule has 56 heavy (non-hydrogen) atoms. The summed E-state index contributed by atoms with van der Waals surface area (Å²) in [7, 11) is 0. The predicted molar refractivity (Wildman–Crippen MR) is 238 cm³/mol. The van der Waals surface area contributed by atoms with Crippen molar-refractivity contribution < 1.29 is 0 Å². The number of fused-ring (bicyclic) bond motifs is 6. The van der Waals surface area contributed by atoms with Crippen molar-refractivity contribution in [2.45, 2.75) is 0 Å². The van der Waals surface area contributed by atoms with Gasteiger partial charge < -0.3 is 0 Å². The molecule has 8 aromatic carbocycles. The Morgan fingerprint density at radius 2 is 0.786 bits per heavy atom. The highest BCUT2D eigenvalue weighted by Gasteiger charge is 2.18. The fourth-order valence-electron chi connectivity index (χ4n) is 7.81. The van der Waals surface area contributed by atoms with Gasteiger partial charge in [0, 0.05) is 57.0 Å². The zero-order valence-corrected chi connectivity index (χ0v) is 31.7. The van der Waals surface area contributed by atoms with E-state index in [0.29, 0.717) is 17.5 Å². The van der Waals surface area contributed by atoms with Gasteiger partial charge in [0.05, 0.1) is 0 Å². The lowest BCUT2D eigenvalue weighted by atomic mass is 9.93. The van der Waals surface area contributed by atoms with Crippen molar-refractivity contribution in [1.29, 1.82) is 0 Å². The van der Waals surface area contributed by atoms with Crippen LogP contribution >= 0.6 is 22.7 Å². The first-order valence-corrected chi connectivity index (χ1v) is 20.3. The van der Waals surface area contributed by atoms with Crippen LogP contribution in [-0.4, -0.2) is 15.0 Å². The molecule has 0 aliphatic carbocycles. The van der Waals surface area contributed by atoms with Crippen LogP contribution in [0.3, 0.4) is 0 Å². The van der Waals surface area contributed by atoms with Crippen LogP contribution in [0.5, 0.6) is 0 Å². The third kappa shape index (κ3) is 5.68. The molecule has 5 heteroatoms. The lowest BCUT2D eigenvalue weighted by molar-refractivity contribution is 1.07. The second kappa shape index (κ2) is 13.5. The first-order chi connectivity index (χ1) is 27.7. The number of hydrogen-bond donors (Lipinski definition) is 0. The number of hydrogen-bond acceptors (Lipinski definition) is 5. The van der Waals surface area contributed by atoms with E-state index < -0.39 is 0 Å². The van der Waals surface area contributed by atoms with Gasteiger partial charge in [-0.25, -0.2) is 15.0 Å². The van der Waals surface area contributed by atoms with Crippen molar-refractivity contribution in [2.75, 3.05) is 0 Å². The van der Waals surface area contributed by atoms with E-state index >= 15 is 0 Å². The minimum Gasteiger partial charge on any atom is -0.208 e. The SMILES string of the molecule is c1ccc(-c2cccc(-c3ccc(-c4ccc5c(c4)sc4cc(-c6nc(-c7ccccc7)nc(-c7ccccc7)n6)ccc45)c4sc5ccccc5c34)c2)cc1. The summed E-state index contributed by atoms with van der Waals surface area (Å²) in [5.74, 6) is 2.00. The largest absolute Gasteiger partial charge is 0.208 e. The molecule has 0 amide bonds. The van der Waals surface area contributed by atoms with E-state index in [2.05, 4.69) is 127 Å². The molecule has 0 radical (unpaired) electrons. The summed E-state index contributed by atoms with van der Waals surface area (Å²) in [5, 5.41) is 5.11. The van der Waals surface area contributed by atoms with E-state index in [0.717, 1.165) is 16.7 Å². The second-order valence-electron chi connectivity index (χ2n) is 14.0. The molecule has 0 unspecified atom stereocenters. The molecule has 0 saturated heterocycles. The van der Waals surface area contributed by atoms with Crippen molar-refractivity contribution in [3.05, 3.63) is 188 Å². The van der Waals surface area contributed by atoms with Crippen molar-refractivity contribution in [3.63, 3.8) is 0 Å². The van der Waals surface area contributed by atoms with Gasteiger partial charge in [-0.2, -0.15) is 0 Å². The van der Waals surface area contributed by atoms with Crippen LogP contribution in [0.1, 0.15) is 0 Å². The smallest absolute Gasteiger partial charge is 0.164 e. The quantitative estimate of drug-likeness (QED) is 0.170. The van der Waals surface area contributed by atoms with E-state index in [1.165, 1.54) is 73.7 Å². The molecule has 11 rings (SSSR count). The van der Waals surface area contributed by atoms with Crippen molar-refractivity contribution in [1.82, 2.24) is 15.0 Å². The molecule has 0 spiro atoms. The molecule has 0 bridgehead atoms. The van der Waals surface area contributed by atoms with Gasteiger partial charge in [0.25, 0.3) is 0 Å². The van der Waals surface area contributed by atoms with Gasteiger partial charge in [0.15, 0.2) is 17.5 Å². The summed E-state index contributed by atoms with van der Waals surface area (Å²) in [5.41, 5.74) is 10.3. The van der Waals surface area contributed by atoms with Gasteiger partial charge in [0.1, 0.15) is 0 Å². The molecule has 0 fully saturated rings. The molecule has 0 aliphatic heterocycles. The van der Waals surface area contributed by atoms with Gasteiger partial charge in [-0.05, 0) is 57.6 Å². The van der Waals surface area contributed by atoms with Crippen LogP contribution in [0.4, 0.5) is 0 Å². The third-order valence-corrected chi connectivity index (χ3v) is 12.9. The number of rotatable bonds is 6. The van der Waals surface area contributed by atoms with Crippen LogP contribution < -0.4 is 0 Å². The summed E-state index contributed by atoms with van der Waals surface area (Å²) >= 11 is 3.71. The highest BCUT2D eigenvalue weighted by atomic mass is 32.1. The van der Waals surface area contributed by atoms with Crippen LogP contribution in [0.25, 0.3) is 108 Å². The number of thiophene rings is 2. The molecule has 3 aromatic heterocycles. The van der Waals surface area contributed by atoms with E-state index in [1.807, 2.05) is 83.3 Å². The van der Waals surface area contributed by atoms with Crippen LogP contribution in [0.2, 0.25) is 0 Å². The lowest BCUT2D eigenvalue weighted by Crippen LogP contribution is -1.99. The van der Waals surface area contributed by atoms with Gasteiger partial charge in [-0.1, -0.05) is 164 Å². The Morgan fingerprint density at radius 3 is 1.46 bits per heavy atom. The maximum Gasteiger partial charge on any atom is 0.164 e. The molecule has 3 nitrogen and oxygen atoms in total. The Bertz CT molecular complexity index is 3180. The topological polar surface area (TPSA) is 38.7 Å². The molecule has 0 saturated carbocycles. The molecule has 0 aliphatic rings. The van der Waals surface area contributed by atoms with Crippen LogP contribution in [0.15, 0.2) is 188 Å². The van der Waals surface area contributed by atoms with Crippen molar-refractivity contribution in [2.24, 2.45) is 0 Å². The average molecular weight is 750 g/mol. The van der Waals surface area contributed by atoms with E-state index in [1.54, 1.807) is 0 Å². The van der Waals surface area contributed by atoms with Gasteiger partial charge in [0.2, 0.25) is 0 Å². The summed E-state index contributed by atoms with van der Waals surface area (Å²) in [6.07, 6.45) is 0. The maximum atomic E-state index is 4.99. The standard InChI is InChI=1S/C51H31N3S2/c1-4-13-32(14-5-1)35-19-12-20-36(29-35)39-27-28-40(48-47(39)43-21-10-11-22-44(43)56-48)37-23-25-41-42-26-24-38(31-46(42)55-45(41)30-37)51-53-49(33-15-6-2-7-16-33)52-50(54-51)34-17-8-3-9-18-34/h1-31H. The third-order valence-electron chi connectivity index (χ3n) is 10.5. The molecular weight excluding hydrogens is 719 g/mol. The Morgan fingerprint density at radius 1 is 0.286 bits per heavy atom. The molecule has 3 heterocycles. The zero-order valence-electron chi connectivity index (χ0n) is 30.1. The molecular formula is C51H31N3S2. The van der Waals surface area contributed by atoms with Gasteiger partial charge >= 0.3 is 0 Å². The Hall–Kier alpha value is -6.79. The normalized spacial score (nSPS) is 11.6. The van der Waals surface area contributed by atoms with E-state index in [9.17, 15) is 0 Å². The monoisotopic (exact) mass is 749 g/mol. The first-order valence-electron chi connectivity index (χ1n) is 18.7. The van der Waals surface area contributed by atoms with E-state index in [4.69, 9.17) is 15.0 Å². The Balaban J connectivity index is 1.02. The Labute approximate surface area is 331 Å². The van der Waals surface area contributed by atoms with Crippen molar-refractivity contribution in [3.8, 4) is 67.5 Å². The van der Waals surface area contributed by atoms with E-state index in [-0.39, 0.29) is 0 Å². The summed E-state index contributed by atoms with van der Waals surface area (Å²) in [6, 6.07) is 66.9. The van der Waals surface area contributed by atoms with Crippen LogP contribution in [-0.2, 0) is 0 Å². The second-order valence-corrected chi connectivity index (χ2v) is 16.1. The first kappa shape index (κ1) is 32.6. The summed E-state index contributed by atoms with van der Waals surface area (Å²) in [4.78, 5) is 14.9. The highest BCUT2D eigenvalue weighted by Crippen LogP contribution is 2.46. The molecule has 0 atom stereocenters. The fraction of sp³-hybridized carbons (Fsp3) is 0. The maximum absolute atomic E-state index is 4.99. The summed E-state index contributed by atoms with van der Waals surface area (Å²) in [6.45, 7) is 0. The average Bonchev–Trinajstić information content (AvgIpc) is 3.85. The molecule has 11 aromatic rings. The van der Waals surface area contributed by atoms with Crippen molar-refractivity contribution >= 4 is 63.0 Å². The number of benzene rings is 8. The molecule has 0 N–H and O–H groups in total. The minimum atomic E-state index is 0.665. The number of nitrogens with zero attached hydrogens (tertiary/aromatic N) is 3. The van der Waals surface area contributed by atoms with Crippen LogP contribution in [0, 0.1) is 0 Å². The lowest BCUT2D eigenvalue weighted by Gasteiger charge is -2.11. The van der Waals surface area contributed by atoms with Gasteiger partial charge in [-0.15, -0.1) is 22.7 Å². The zero-order chi connectivity index (χ0) is 37.0. The van der Waals surface area contributed by atoms with Gasteiger partial charge in [-0.3, -0.25) is 0 Å². The predicted octanol–water partition coefficient (Wildman–Crippen LogP) is 14.6. The molecule has 262 valence electrons. The highest BCUT2D eigenvalue weighted by molar-refractivity contribution is 7.26. The summed E-state index contributed by atoms with van der Waals surface area (Å²) < 4.78 is 5.08. The number of aromatic nitrogens is 3. The minimum absolute atomic E-state index is 0.665. The Kier molecular flexibility index (Phi) is 7.87.